The molecule has 0 radical (unpaired) electrons. The van der Waals surface area contributed by atoms with Crippen LogP contribution in [0.25, 0.3) is 0 Å². The Labute approximate surface area is 117 Å². The standard InChI is InChI=1S/C17H28O2/c1-11-12(8-9-18)10-13(16(2,3)4)15(19)14(11)17(5,6)7/h10,18-19H,8-9H2,1-7H3. The molecular formula is C17H28O2. The van der Waals surface area contributed by atoms with E-state index in [2.05, 4.69) is 47.6 Å². The van der Waals surface area contributed by atoms with E-state index in [0.29, 0.717) is 12.2 Å². The van der Waals surface area contributed by atoms with Crippen LogP contribution in [0, 0.1) is 6.92 Å². The topological polar surface area (TPSA) is 40.5 Å². The first kappa shape index (κ1) is 16.0. The van der Waals surface area contributed by atoms with Crippen LogP contribution < -0.4 is 0 Å². The van der Waals surface area contributed by atoms with Crippen LogP contribution >= 0.6 is 0 Å². The van der Waals surface area contributed by atoms with Gasteiger partial charge in [-0.25, -0.2) is 0 Å². The minimum absolute atomic E-state index is 0.109. The minimum atomic E-state index is -0.111. The second-order valence-corrected chi connectivity index (χ2v) is 7.41. The van der Waals surface area contributed by atoms with E-state index in [1.807, 2.05) is 6.92 Å². The smallest absolute Gasteiger partial charge is 0.123 e. The SMILES string of the molecule is Cc1c(CCO)cc(C(C)(C)C)c(O)c1C(C)(C)C. The van der Waals surface area contributed by atoms with E-state index in [9.17, 15) is 10.2 Å². The number of aliphatic hydroxyl groups is 1. The normalized spacial score (nSPS) is 12.8. The van der Waals surface area contributed by atoms with E-state index in [1.165, 1.54) is 0 Å². The molecule has 19 heavy (non-hydrogen) atoms. The van der Waals surface area contributed by atoms with Gasteiger partial charge in [-0.15, -0.1) is 0 Å². The number of rotatable bonds is 2. The molecule has 0 aliphatic carbocycles. The Kier molecular flexibility index (Phi) is 4.36. The van der Waals surface area contributed by atoms with Gasteiger partial charge >= 0.3 is 0 Å². The number of hydrogen-bond acceptors (Lipinski definition) is 2. The third-order valence-electron chi connectivity index (χ3n) is 3.61. The van der Waals surface area contributed by atoms with Crippen molar-refractivity contribution in [2.75, 3.05) is 6.61 Å². The van der Waals surface area contributed by atoms with Gasteiger partial charge in [-0.3, -0.25) is 0 Å². The van der Waals surface area contributed by atoms with Gasteiger partial charge < -0.3 is 10.2 Å². The first-order valence-electron chi connectivity index (χ1n) is 6.97. The predicted molar refractivity (Wildman–Crippen MR) is 81.0 cm³/mol. The molecule has 0 unspecified atom stereocenters. The van der Waals surface area contributed by atoms with Gasteiger partial charge in [0.1, 0.15) is 5.75 Å². The zero-order valence-electron chi connectivity index (χ0n) is 13.4. The summed E-state index contributed by atoms with van der Waals surface area (Å²) in [6.07, 6.45) is 0.637. The van der Waals surface area contributed by atoms with Gasteiger partial charge in [-0.2, -0.15) is 0 Å². The van der Waals surface area contributed by atoms with Crippen LogP contribution in [0.15, 0.2) is 6.07 Å². The van der Waals surface area contributed by atoms with Gasteiger partial charge in [-0.05, 0) is 40.9 Å². The molecule has 0 amide bonds. The van der Waals surface area contributed by atoms with E-state index in [4.69, 9.17) is 0 Å². The molecule has 1 aromatic rings. The predicted octanol–water partition coefficient (Wildman–Crippen LogP) is 3.83. The van der Waals surface area contributed by atoms with Crippen LogP contribution in [0.2, 0.25) is 0 Å². The number of benzene rings is 1. The van der Waals surface area contributed by atoms with Crippen LogP contribution in [0.1, 0.15) is 63.8 Å². The van der Waals surface area contributed by atoms with Crippen molar-refractivity contribution in [2.24, 2.45) is 0 Å². The molecule has 1 rings (SSSR count). The number of hydrogen-bond donors (Lipinski definition) is 2. The fraction of sp³-hybridized carbons (Fsp3) is 0.647. The summed E-state index contributed by atoms with van der Waals surface area (Å²) in [6, 6.07) is 2.05. The van der Waals surface area contributed by atoms with Crippen LogP contribution in [0.5, 0.6) is 5.75 Å². The third kappa shape index (κ3) is 3.30. The van der Waals surface area contributed by atoms with E-state index < -0.39 is 0 Å². The van der Waals surface area contributed by atoms with Crippen LogP contribution in [-0.2, 0) is 17.3 Å². The highest BCUT2D eigenvalue weighted by molar-refractivity contribution is 5.54. The zero-order valence-corrected chi connectivity index (χ0v) is 13.4. The van der Waals surface area contributed by atoms with Gasteiger partial charge in [0.2, 0.25) is 0 Å². The first-order valence-corrected chi connectivity index (χ1v) is 6.97. The summed E-state index contributed by atoms with van der Waals surface area (Å²) in [5.41, 5.74) is 3.98. The molecule has 0 fully saturated rings. The second kappa shape index (κ2) is 5.16. The lowest BCUT2D eigenvalue weighted by Crippen LogP contribution is -2.20. The number of aromatic hydroxyl groups is 1. The first-order chi connectivity index (χ1) is 8.50. The lowest BCUT2D eigenvalue weighted by Gasteiger charge is -2.30. The maximum atomic E-state index is 10.7. The molecule has 0 aliphatic rings. The van der Waals surface area contributed by atoms with Gasteiger partial charge in [-0.1, -0.05) is 47.6 Å². The molecule has 0 atom stereocenters. The fourth-order valence-corrected chi connectivity index (χ4v) is 2.69. The second-order valence-electron chi connectivity index (χ2n) is 7.41. The molecule has 2 N–H and O–H groups in total. The summed E-state index contributed by atoms with van der Waals surface area (Å²) >= 11 is 0. The molecule has 1 aromatic carbocycles. The fourth-order valence-electron chi connectivity index (χ4n) is 2.69. The molecule has 2 nitrogen and oxygen atoms in total. The van der Waals surface area contributed by atoms with Crippen molar-refractivity contribution in [3.63, 3.8) is 0 Å². The molecule has 2 heteroatoms. The maximum absolute atomic E-state index is 10.7. The largest absolute Gasteiger partial charge is 0.507 e. The molecule has 0 bridgehead atoms. The number of aliphatic hydroxyl groups excluding tert-OH is 1. The van der Waals surface area contributed by atoms with Gasteiger partial charge in [0.25, 0.3) is 0 Å². The Hall–Kier alpha value is -1.02. The summed E-state index contributed by atoms with van der Waals surface area (Å²) in [4.78, 5) is 0. The molecular weight excluding hydrogens is 236 g/mol. The van der Waals surface area contributed by atoms with Crippen molar-refractivity contribution in [1.82, 2.24) is 0 Å². The van der Waals surface area contributed by atoms with E-state index in [-0.39, 0.29) is 17.4 Å². The van der Waals surface area contributed by atoms with Crippen LogP contribution in [-0.4, -0.2) is 16.8 Å². The van der Waals surface area contributed by atoms with Gasteiger partial charge in [0, 0.05) is 12.2 Å². The summed E-state index contributed by atoms with van der Waals surface area (Å²) < 4.78 is 0. The van der Waals surface area contributed by atoms with E-state index in [0.717, 1.165) is 22.3 Å². The highest BCUT2D eigenvalue weighted by Crippen LogP contribution is 2.42. The van der Waals surface area contributed by atoms with E-state index >= 15 is 0 Å². The molecule has 0 heterocycles. The van der Waals surface area contributed by atoms with Crippen molar-refractivity contribution in [3.8, 4) is 5.75 Å². The quantitative estimate of drug-likeness (QED) is 0.852. The Balaban J connectivity index is 3.66. The maximum Gasteiger partial charge on any atom is 0.123 e. The van der Waals surface area contributed by atoms with Crippen molar-refractivity contribution < 1.29 is 10.2 Å². The average Bonchev–Trinajstić information content (AvgIpc) is 2.18. The Morgan fingerprint density at radius 3 is 1.89 bits per heavy atom. The van der Waals surface area contributed by atoms with Crippen molar-refractivity contribution in [1.29, 1.82) is 0 Å². The van der Waals surface area contributed by atoms with Crippen molar-refractivity contribution in [2.45, 2.75) is 65.7 Å². The number of phenolic OH excluding ortho intramolecular Hbond substituents is 1. The van der Waals surface area contributed by atoms with Gasteiger partial charge in [0.15, 0.2) is 0 Å². The monoisotopic (exact) mass is 264 g/mol. The highest BCUT2D eigenvalue weighted by Gasteiger charge is 2.28. The Morgan fingerprint density at radius 2 is 1.53 bits per heavy atom. The molecule has 0 saturated carbocycles. The average molecular weight is 264 g/mol. The zero-order chi connectivity index (χ0) is 15.0. The van der Waals surface area contributed by atoms with E-state index in [1.54, 1.807) is 0 Å². The van der Waals surface area contributed by atoms with Crippen LogP contribution in [0.4, 0.5) is 0 Å². The molecule has 0 saturated heterocycles. The molecule has 0 spiro atoms. The highest BCUT2D eigenvalue weighted by atomic mass is 16.3. The Bertz CT molecular complexity index is 460. The number of phenols is 1. The Morgan fingerprint density at radius 1 is 1.00 bits per heavy atom. The minimum Gasteiger partial charge on any atom is -0.507 e. The lowest BCUT2D eigenvalue weighted by molar-refractivity contribution is 0.299. The summed E-state index contributed by atoms with van der Waals surface area (Å²) in [5.74, 6) is 0.416. The van der Waals surface area contributed by atoms with Gasteiger partial charge in [0.05, 0.1) is 0 Å². The summed E-state index contributed by atoms with van der Waals surface area (Å²) in [7, 11) is 0. The molecule has 0 aromatic heterocycles. The third-order valence-corrected chi connectivity index (χ3v) is 3.61. The van der Waals surface area contributed by atoms with Crippen LogP contribution in [0.3, 0.4) is 0 Å². The molecule has 0 aliphatic heterocycles. The molecule has 108 valence electrons. The summed E-state index contributed by atoms with van der Waals surface area (Å²) in [6.45, 7) is 14.8. The van der Waals surface area contributed by atoms with Crippen molar-refractivity contribution >= 4 is 0 Å². The van der Waals surface area contributed by atoms with Crippen molar-refractivity contribution in [3.05, 3.63) is 28.3 Å². The summed E-state index contributed by atoms with van der Waals surface area (Å²) in [5, 5.41) is 19.9. The lowest BCUT2D eigenvalue weighted by atomic mass is 9.75.